The zero-order valence-corrected chi connectivity index (χ0v) is 23.0. The smallest absolute Gasteiger partial charge is 0.235 e. The number of amides is 1. The van der Waals surface area contributed by atoms with E-state index in [0.717, 1.165) is 0 Å². The lowest BCUT2D eigenvalue weighted by molar-refractivity contribution is -0.196. The van der Waals surface area contributed by atoms with Gasteiger partial charge >= 0.3 is 0 Å². The molecule has 2 unspecified atom stereocenters. The summed E-state index contributed by atoms with van der Waals surface area (Å²) in [5.74, 6) is -13.2. The fourth-order valence-corrected chi connectivity index (χ4v) is 6.75. The van der Waals surface area contributed by atoms with Crippen molar-refractivity contribution in [1.82, 2.24) is 10.2 Å². The Bertz CT molecular complexity index is 1270. The Kier molecular flexibility index (Phi) is 7.13. The maximum Gasteiger partial charge on any atom is 0.235 e. The minimum Gasteiger partial charge on any atom is -0.507 e. The van der Waals surface area contributed by atoms with E-state index in [1.54, 1.807) is 19.1 Å². The third-order valence-electron chi connectivity index (χ3n) is 8.54. The van der Waals surface area contributed by atoms with Crippen LogP contribution in [0.2, 0.25) is 0 Å². The fourth-order valence-electron chi connectivity index (χ4n) is 6.75. The molecule has 1 aromatic carbocycles. The number of primary amides is 1. The number of benzene rings is 1. The number of nitrogens with one attached hydrogen (secondary N) is 1. The fraction of sp³-hybridized carbons (Fsp3) is 0.607. The van der Waals surface area contributed by atoms with Crippen LogP contribution < -0.4 is 11.1 Å². The number of rotatable bonds is 5. The van der Waals surface area contributed by atoms with Crippen molar-refractivity contribution in [2.45, 2.75) is 57.9 Å². The van der Waals surface area contributed by atoms with Gasteiger partial charge in [-0.3, -0.25) is 28.9 Å². The van der Waals surface area contributed by atoms with Crippen molar-refractivity contribution in [3.8, 4) is 5.75 Å². The third kappa shape index (κ3) is 4.23. The number of carbonyl (C=O) groups excluding carboxylic acids is 5. The van der Waals surface area contributed by atoms with Gasteiger partial charge in [0.15, 0.2) is 34.7 Å². The molecule has 0 saturated heterocycles. The van der Waals surface area contributed by atoms with E-state index >= 15 is 0 Å². The number of phenols is 1. The first-order valence-electron chi connectivity index (χ1n) is 13.0. The Morgan fingerprint density at radius 3 is 2.28 bits per heavy atom. The van der Waals surface area contributed by atoms with Gasteiger partial charge in [0, 0.05) is 24.6 Å². The standard InChI is InChI=1S/C28H37N3O8/c1-11-13-8-7-12(9-30-10-27(2,3)4)20(32)15(13)21(33)16-14(11)22(34)18-19(31(5)6)23(35)17(26(29)38)25(37)28(18,39)24(16)36/h7-8,11,14,16-19,22,30,32,34,39H,9-10H2,1-6H3,(H2,29,38)/t11-,14+,16?,17?,18+,19-,22-,28-/m1/s1. The average molecular weight is 544 g/mol. The van der Waals surface area contributed by atoms with Gasteiger partial charge in [0.2, 0.25) is 5.91 Å². The number of hydrogen-bond donors (Lipinski definition) is 5. The number of aromatic hydroxyl groups is 1. The maximum absolute atomic E-state index is 14.0. The third-order valence-corrected chi connectivity index (χ3v) is 8.54. The number of Topliss-reactive ketones (excluding diaryl/α,β-unsaturated/α-hetero) is 4. The molecule has 0 spiro atoms. The molecular formula is C28H37N3O8. The highest BCUT2D eigenvalue weighted by Crippen LogP contribution is 2.54. The number of hydrogen-bond acceptors (Lipinski definition) is 10. The molecule has 0 radical (unpaired) electrons. The molecule has 1 amide bonds. The van der Waals surface area contributed by atoms with Crippen molar-refractivity contribution in [3.05, 3.63) is 28.8 Å². The van der Waals surface area contributed by atoms with Gasteiger partial charge < -0.3 is 26.4 Å². The number of fused-ring (bicyclic) bond motifs is 3. The van der Waals surface area contributed by atoms with Crippen LogP contribution in [0.25, 0.3) is 0 Å². The Labute approximate surface area is 226 Å². The van der Waals surface area contributed by atoms with Crippen molar-refractivity contribution < 1.29 is 39.3 Å². The number of aliphatic hydroxyl groups excluding tert-OH is 1. The van der Waals surface area contributed by atoms with Gasteiger partial charge in [-0.25, -0.2) is 0 Å². The van der Waals surface area contributed by atoms with E-state index in [1.807, 2.05) is 20.8 Å². The number of ketones is 4. The molecule has 2 fully saturated rings. The first-order valence-corrected chi connectivity index (χ1v) is 13.0. The van der Waals surface area contributed by atoms with Gasteiger partial charge in [-0.15, -0.1) is 0 Å². The van der Waals surface area contributed by atoms with E-state index < -0.39 is 76.4 Å². The molecule has 212 valence electrons. The topological polar surface area (TPSA) is 187 Å². The number of nitrogens with zero attached hydrogens (tertiary/aromatic N) is 1. The Morgan fingerprint density at radius 2 is 1.74 bits per heavy atom. The molecule has 1 aromatic rings. The monoisotopic (exact) mass is 543 g/mol. The van der Waals surface area contributed by atoms with Crippen molar-refractivity contribution >= 4 is 29.0 Å². The van der Waals surface area contributed by atoms with Crippen LogP contribution in [0.1, 0.15) is 55.1 Å². The first-order chi connectivity index (χ1) is 18.0. The van der Waals surface area contributed by atoms with Crippen LogP contribution >= 0.6 is 0 Å². The van der Waals surface area contributed by atoms with Crippen LogP contribution in [0.15, 0.2) is 12.1 Å². The van der Waals surface area contributed by atoms with E-state index in [4.69, 9.17) is 5.73 Å². The summed E-state index contributed by atoms with van der Waals surface area (Å²) < 4.78 is 0. The van der Waals surface area contributed by atoms with Crippen molar-refractivity contribution in [1.29, 1.82) is 0 Å². The quantitative estimate of drug-likeness (QED) is 0.304. The molecule has 39 heavy (non-hydrogen) atoms. The zero-order valence-electron chi connectivity index (χ0n) is 23.0. The molecule has 0 aliphatic heterocycles. The summed E-state index contributed by atoms with van der Waals surface area (Å²) in [4.78, 5) is 67.9. The van der Waals surface area contributed by atoms with E-state index in [-0.39, 0.29) is 23.3 Å². The van der Waals surface area contributed by atoms with Gasteiger partial charge in [-0.05, 0) is 31.0 Å². The normalized spacial score (nSPS) is 34.5. The second kappa shape index (κ2) is 9.58. The lowest BCUT2D eigenvalue weighted by Crippen LogP contribution is -2.77. The highest BCUT2D eigenvalue weighted by atomic mass is 16.3. The second-order valence-corrected chi connectivity index (χ2v) is 12.6. The molecule has 2 saturated carbocycles. The molecule has 11 nitrogen and oxygen atoms in total. The van der Waals surface area contributed by atoms with Crippen LogP contribution in [0.4, 0.5) is 0 Å². The van der Waals surface area contributed by atoms with Crippen LogP contribution in [0.5, 0.6) is 5.75 Å². The molecule has 11 heteroatoms. The lowest BCUT2D eigenvalue weighted by Gasteiger charge is -2.56. The molecule has 3 aliphatic carbocycles. The molecule has 8 atom stereocenters. The minimum atomic E-state index is -3.00. The average Bonchev–Trinajstić information content (AvgIpc) is 2.81. The Hall–Kier alpha value is -2.99. The summed E-state index contributed by atoms with van der Waals surface area (Å²) in [7, 11) is 2.91. The lowest BCUT2D eigenvalue weighted by atomic mass is 9.49. The number of aliphatic hydroxyl groups is 2. The van der Waals surface area contributed by atoms with E-state index in [2.05, 4.69) is 5.32 Å². The number of carbonyl (C=O) groups is 5. The molecular weight excluding hydrogens is 506 g/mol. The van der Waals surface area contributed by atoms with Gasteiger partial charge in [0.05, 0.1) is 29.5 Å². The first kappa shape index (κ1) is 29.0. The Balaban J connectivity index is 1.83. The zero-order chi connectivity index (χ0) is 29.4. The van der Waals surface area contributed by atoms with Gasteiger partial charge in [-0.2, -0.15) is 0 Å². The minimum absolute atomic E-state index is 0.0286. The molecule has 0 heterocycles. The summed E-state index contributed by atoms with van der Waals surface area (Å²) >= 11 is 0. The van der Waals surface area contributed by atoms with Gasteiger partial charge in [-0.1, -0.05) is 39.8 Å². The molecule has 0 bridgehead atoms. The maximum atomic E-state index is 14.0. The summed E-state index contributed by atoms with van der Waals surface area (Å²) in [5.41, 5.74) is 3.04. The predicted molar refractivity (Wildman–Crippen MR) is 139 cm³/mol. The number of nitrogens with two attached hydrogens (primary N) is 1. The highest BCUT2D eigenvalue weighted by Gasteiger charge is 2.72. The van der Waals surface area contributed by atoms with Crippen molar-refractivity contribution in [3.63, 3.8) is 0 Å². The molecule has 4 rings (SSSR count). The second-order valence-electron chi connectivity index (χ2n) is 12.6. The number of likely N-dealkylation sites (N-methyl/N-ethyl adjacent to an activating group) is 1. The van der Waals surface area contributed by atoms with E-state index in [9.17, 15) is 39.3 Å². The van der Waals surface area contributed by atoms with Gasteiger partial charge in [0.1, 0.15) is 5.75 Å². The SMILES string of the molecule is C[C@@H]1c2ccc(CNCC(C)(C)C)c(O)c2C(=O)C2C(=O)[C@@]3(O)C(=O)C(C(N)=O)C(=O)[C@H](N(C)C)[C@H]3[C@H](O)[C@H]21. The highest BCUT2D eigenvalue weighted by molar-refractivity contribution is 6.32. The summed E-state index contributed by atoms with van der Waals surface area (Å²) in [6.07, 6.45) is -1.64. The Morgan fingerprint density at radius 1 is 1.13 bits per heavy atom. The molecule has 6 N–H and O–H groups in total. The van der Waals surface area contributed by atoms with Crippen molar-refractivity contribution in [2.75, 3.05) is 20.6 Å². The summed E-state index contributed by atoms with van der Waals surface area (Å²) in [6.45, 7) is 8.69. The summed E-state index contributed by atoms with van der Waals surface area (Å²) in [6, 6.07) is 1.96. The van der Waals surface area contributed by atoms with Crippen LogP contribution in [0, 0.1) is 29.1 Å². The summed E-state index contributed by atoms with van der Waals surface area (Å²) in [5, 5.41) is 37.7. The van der Waals surface area contributed by atoms with Crippen LogP contribution in [-0.2, 0) is 25.7 Å². The molecule has 0 aromatic heterocycles. The predicted octanol–water partition coefficient (Wildman–Crippen LogP) is -0.465. The van der Waals surface area contributed by atoms with E-state index in [0.29, 0.717) is 17.7 Å². The van der Waals surface area contributed by atoms with Crippen LogP contribution in [0.3, 0.4) is 0 Å². The van der Waals surface area contributed by atoms with Gasteiger partial charge in [0.25, 0.3) is 0 Å². The largest absolute Gasteiger partial charge is 0.507 e. The number of phenolic OH excluding ortho intramolecular Hbond substituents is 1. The van der Waals surface area contributed by atoms with Crippen molar-refractivity contribution in [2.24, 2.45) is 34.8 Å². The van der Waals surface area contributed by atoms with E-state index in [1.165, 1.54) is 19.0 Å². The molecule has 3 aliphatic rings. The van der Waals surface area contributed by atoms with Crippen LogP contribution in [-0.4, -0.2) is 87.6 Å².